The smallest absolute Gasteiger partial charge is 0.421 e. The number of nitrogens with one attached hydrogen (secondary N) is 1. The first-order chi connectivity index (χ1) is 14.9. The van der Waals surface area contributed by atoms with E-state index in [1.807, 2.05) is 0 Å². The van der Waals surface area contributed by atoms with Crippen molar-refractivity contribution in [3.8, 4) is 17.5 Å². The van der Waals surface area contributed by atoms with Crippen molar-refractivity contribution >= 4 is 11.3 Å². The largest absolute Gasteiger partial charge is 0.494 e. The van der Waals surface area contributed by atoms with Crippen molar-refractivity contribution in [2.75, 3.05) is 0 Å². The Balaban J connectivity index is 1.68. The van der Waals surface area contributed by atoms with Crippen molar-refractivity contribution in [2.45, 2.75) is 37.5 Å². The zero-order valence-corrected chi connectivity index (χ0v) is 16.8. The molecule has 4 rings (SSSR count). The van der Waals surface area contributed by atoms with Gasteiger partial charge in [-0.2, -0.15) is 26.3 Å². The number of hydrogen-bond acceptors (Lipinski definition) is 5. The quantitative estimate of drug-likeness (QED) is 0.466. The van der Waals surface area contributed by atoms with E-state index >= 15 is 0 Å². The number of aromatic hydroxyl groups is 1. The van der Waals surface area contributed by atoms with Crippen LogP contribution in [0.1, 0.15) is 45.9 Å². The molecule has 0 saturated carbocycles. The lowest BCUT2D eigenvalue weighted by Crippen LogP contribution is -2.13. The van der Waals surface area contributed by atoms with Gasteiger partial charge in [-0.05, 0) is 48.6 Å². The van der Waals surface area contributed by atoms with Crippen molar-refractivity contribution in [3.05, 3.63) is 67.3 Å². The predicted molar refractivity (Wildman–Crippen MR) is 102 cm³/mol. The maximum atomic E-state index is 13.3. The summed E-state index contributed by atoms with van der Waals surface area (Å²) in [4.78, 5) is 17.2. The van der Waals surface area contributed by atoms with Crippen LogP contribution in [0.2, 0.25) is 0 Å². The van der Waals surface area contributed by atoms with Gasteiger partial charge in [0, 0.05) is 12.1 Å². The van der Waals surface area contributed by atoms with E-state index in [0.717, 1.165) is 22.5 Å². The number of thiazole rings is 1. The van der Waals surface area contributed by atoms with E-state index in [4.69, 9.17) is 4.74 Å². The second-order valence-corrected chi connectivity index (χ2v) is 8.22. The van der Waals surface area contributed by atoms with Crippen LogP contribution in [0.25, 0.3) is 0 Å². The van der Waals surface area contributed by atoms with Gasteiger partial charge in [-0.25, -0.2) is 4.98 Å². The lowest BCUT2D eigenvalue weighted by Gasteiger charge is -2.25. The van der Waals surface area contributed by atoms with Crippen LogP contribution >= 0.6 is 11.3 Å². The van der Waals surface area contributed by atoms with Crippen LogP contribution in [0.3, 0.4) is 0 Å². The molecule has 0 fully saturated rings. The topological polar surface area (TPSA) is 75.2 Å². The number of nitrogens with zero attached hydrogens (tertiary/aromatic N) is 1. The molecule has 0 bridgehead atoms. The van der Waals surface area contributed by atoms with Crippen LogP contribution < -0.4 is 9.61 Å². The molecule has 1 atom stereocenters. The van der Waals surface area contributed by atoms with Crippen molar-refractivity contribution in [3.63, 3.8) is 0 Å². The molecule has 2 aromatic heterocycles. The van der Waals surface area contributed by atoms with Crippen molar-refractivity contribution < 1.29 is 36.2 Å². The van der Waals surface area contributed by atoms with E-state index < -0.39 is 34.2 Å². The van der Waals surface area contributed by atoms with E-state index in [1.54, 1.807) is 6.07 Å². The first kappa shape index (κ1) is 22.2. The molecule has 0 spiro atoms. The normalized spacial score (nSPS) is 16.6. The highest BCUT2D eigenvalue weighted by Gasteiger charge is 2.40. The third-order valence-corrected chi connectivity index (χ3v) is 6.09. The fourth-order valence-electron chi connectivity index (χ4n) is 3.70. The Labute approximate surface area is 180 Å². The number of fused-ring (bicyclic) bond motifs is 1. The minimum atomic E-state index is -5.11. The number of aryl methyl sites for hydroxylation is 1. The molecule has 12 heteroatoms. The summed E-state index contributed by atoms with van der Waals surface area (Å²) in [6, 6.07) is 4.44. The maximum Gasteiger partial charge on any atom is 0.421 e. The fraction of sp³-hybridized carbons (Fsp3) is 0.300. The molecule has 5 nitrogen and oxygen atoms in total. The highest BCUT2D eigenvalue weighted by molar-refractivity contribution is 7.09. The average Bonchev–Trinajstić information content (AvgIpc) is 3.03. The number of aromatic nitrogens is 2. The molecule has 2 N–H and O–H groups in total. The molecule has 3 aromatic rings. The van der Waals surface area contributed by atoms with Crippen LogP contribution in [0.5, 0.6) is 17.5 Å². The number of rotatable bonds is 3. The van der Waals surface area contributed by atoms with E-state index in [1.165, 1.54) is 12.1 Å². The molecular formula is C20H14F6N2O3S. The molecule has 0 amide bonds. The molecule has 0 unspecified atom stereocenters. The van der Waals surface area contributed by atoms with E-state index in [2.05, 4.69) is 9.97 Å². The zero-order valence-electron chi connectivity index (χ0n) is 16.0. The molecule has 2 heterocycles. The van der Waals surface area contributed by atoms with Gasteiger partial charge in [0.05, 0.1) is 10.4 Å². The monoisotopic (exact) mass is 476 g/mol. The minimum absolute atomic E-state index is 0.0198. The summed E-state index contributed by atoms with van der Waals surface area (Å²) in [7, 11) is 0. The van der Waals surface area contributed by atoms with Crippen molar-refractivity contribution in [1.29, 1.82) is 0 Å². The minimum Gasteiger partial charge on any atom is -0.494 e. The Hall–Kier alpha value is -3.02. The lowest BCUT2D eigenvalue weighted by molar-refractivity contribution is -0.144. The predicted octanol–water partition coefficient (Wildman–Crippen LogP) is 5.84. The van der Waals surface area contributed by atoms with Gasteiger partial charge in [-0.15, -0.1) is 0 Å². The molecule has 1 aromatic carbocycles. The Morgan fingerprint density at radius 3 is 2.50 bits per heavy atom. The van der Waals surface area contributed by atoms with Gasteiger partial charge >= 0.3 is 17.2 Å². The Bertz CT molecular complexity index is 1220. The molecule has 0 saturated heterocycles. The second kappa shape index (κ2) is 7.84. The van der Waals surface area contributed by atoms with Gasteiger partial charge in [0.1, 0.15) is 11.3 Å². The van der Waals surface area contributed by atoms with Crippen LogP contribution in [0.4, 0.5) is 26.3 Å². The first-order valence-corrected chi connectivity index (χ1v) is 10.1. The van der Waals surface area contributed by atoms with E-state index in [-0.39, 0.29) is 29.8 Å². The number of aromatic amines is 1. The van der Waals surface area contributed by atoms with Crippen LogP contribution in [0, 0.1) is 0 Å². The summed E-state index contributed by atoms with van der Waals surface area (Å²) in [6.45, 7) is 0. The number of hydrogen-bond donors (Lipinski definition) is 2. The molecule has 1 aliphatic carbocycles. The average molecular weight is 476 g/mol. The Morgan fingerprint density at radius 2 is 1.88 bits per heavy atom. The number of H-pyrrole nitrogens is 1. The summed E-state index contributed by atoms with van der Waals surface area (Å²) in [6.07, 6.45) is -7.87. The van der Waals surface area contributed by atoms with E-state index in [0.29, 0.717) is 24.1 Å². The van der Waals surface area contributed by atoms with Crippen LogP contribution in [0.15, 0.2) is 35.3 Å². The first-order valence-electron chi connectivity index (χ1n) is 9.30. The highest BCUT2D eigenvalue weighted by Crippen LogP contribution is 2.44. The van der Waals surface area contributed by atoms with Crippen molar-refractivity contribution in [1.82, 2.24) is 9.97 Å². The fourth-order valence-corrected chi connectivity index (χ4v) is 4.58. The number of pyridine rings is 1. The Kier molecular flexibility index (Phi) is 5.43. The van der Waals surface area contributed by atoms with E-state index in [9.17, 15) is 36.2 Å². The lowest BCUT2D eigenvalue weighted by atomic mass is 9.82. The maximum absolute atomic E-state index is 13.3. The standard InChI is InChI=1S/C20H14F6N2O3S/c21-19(22,23)10-7-14(20(24,25)26)17(27-8-10)31-11-4-5-12-9(6-11)2-1-3-13(12)15-16(29)28-18(30)32-15/h4-8,13,29H,1-3H2,(H,28,30)/t13-/m0/s1. The van der Waals surface area contributed by atoms with Gasteiger partial charge in [-0.1, -0.05) is 17.4 Å². The Morgan fingerprint density at radius 1 is 1.12 bits per heavy atom. The highest BCUT2D eigenvalue weighted by atomic mass is 32.1. The summed E-state index contributed by atoms with van der Waals surface area (Å²) in [5.74, 6) is -1.50. The second-order valence-electron chi connectivity index (χ2n) is 7.21. The molecule has 170 valence electrons. The third kappa shape index (κ3) is 4.31. The van der Waals surface area contributed by atoms with Gasteiger partial charge in [0.25, 0.3) is 0 Å². The molecule has 0 aliphatic heterocycles. The van der Waals surface area contributed by atoms with Crippen LogP contribution in [-0.2, 0) is 18.8 Å². The molecule has 32 heavy (non-hydrogen) atoms. The summed E-state index contributed by atoms with van der Waals surface area (Å²) < 4.78 is 83.7. The third-order valence-electron chi connectivity index (χ3n) is 5.10. The van der Waals surface area contributed by atoms with Gasteiger partial charge in [-0.3, -0.25) is 9.78 Å². The SMILES string of the molecule is O=c1[nH]c(O)c([C@H]2CCCc3cc(Oc4ncc(C(F)(F)F)cc4C(F)(F)F)ccc32)s1. The van der Waals surface area contributed by atoms with Gasteiger partial charge in [0.2, 0.25) is 11.8 Å². The summed E-state index contributed by atoms with van der Waals surface area (Å²) in [5.41, 5.74) is -1.65. The number of ether oxygens (including phenoxy) is 1. The number of halogens is 6. The number of benzene rings is 1. The molecular weight excluding hydrogens is 462 g/mol. The van der Waals surface area contributed by atoms with Crippen LogP contribution in [-0.4, -0.2) is 15.1 Å². The van der Waals surface area contributed by atoms with Crippen molar-refractivity contribution in [2.24, 2.45) is 0 Å². The van der Waals surface area contributed by atoms with Gasteiger partial charge < -0.3 is 9.84 Å². The summed E-state index contributed by atoms with van der Waals surface area (Å²) in [5, 5.41) is 9.98. The molecule has 0 radical (unpaired) electrons. The summed E-state index contributed by atoms with van der Waals surface area (Å²) >= 11 is 0.880. The molecule has 1 aliphatic rings. The number of alkyl halides is 6. The zero-order chi connectivity index (χ0) is 23.3. The van der Waals surface area contributed by atoms with Gasteiger partial charge in [0.15, 0.2) is 0 Å².